The molecule has 2 aromatic carbocycles. The van der Waals surface area contributed by atoms with E-state index < -0.39 is 0 Å². The van der Waals surface area contributed by atoms with Crippen molar-refractivity contribution in [2.24, 2.45) is 0 Å². The number of hydrogen-bond acceptors (Lipinski definition) is 7. The van der Waals surface area contributed by atoms with Crippen LogP contribution in [0.2, 0.25) is 0 Å². The maximum Gasteiger partial charge on any atom is 0.264 e. The van der Waals surface area contributed by atoms with Gasteiger partial charge in [0.15, 0.2) is 13.2 Å². The average Bonchev–Trinajstić information content (AvgIpc) is 3.38. The first kappa shape index (κ1) is 15.8. The summed E-state index contributed by atoms with van der Waals surface area (Å²) in [5.41, 5.74) is 0.824. The lowest BCUT2D eigenvalue weighted by atomic mass is 10.3. The molecule has 130 valence electrons. The lowest BCUT2D eigenvalue weighted by molar-refractivity contribution is 0.240. The van der Waals surface area contributed by atoms with Gasteiger partial charge in [0.1, 0.15) is 24.2 Å². The molecular formula is C18H15N5O3. The van der Waals surface area contributed by atoms with Crippen molar-refractivity contribution >= 4 is 0 Å². The van der Waals surface area contributed by atoms with E-state index in [4.69, 9.17) is 14.0 Å². The molecule has 0 bridgehead atoms. The van der Waals surface area contributed by atoms with E-state index in [9.17, 15) is 0 Å². The molecule has 0 saturated heterocycles. The van der Waals surface area contributed by atoms with Crippen molar-refractivity contribution in [3.8, 4) is 17.2 Å². The van der Waals surface area contributed by atoms with Gasteiger partial charge in [0, 0.05) is 0 Å². The predicted molar refractivity (Wildman–Crippen MR) is 90.8 cm³/mol. The van der Waals surface area contributed by atoms with Crippen LogP contribution in [0, 0.1) is 0 Å². The standard InChI is InChI=1S/C18H15N5O3/c1-2-6-14(7-3-1)24-10-17-21-18(26-22-17)11-25-16-9-5-4-8-15(16)23-12-19-20-13-23/h1-9,12-13H,10-11H2. The summed E-state index contributed by atoms with van der Waals surface area (Å²) in [4.78, 5) is 4.27. The van der Waals surface area contributed by atoms with Gasteiger partial charge in [-0.3, -0.25) is 4.57 Å². The van der Waals surface area contributed by atoms with E-state index in [-0.39, 0.29) is 13.2 Å². The van der Waals surface area contributed by atoms with Gasteiger partial charge in [-0.1, -0.05) is 35.5 Å². The highest BCUT2D eigenvalue weighted by Crippen LogP contribution is 2.22. The Hall–Kier alpha value is -3.68. The SMILES string of the molecule is c1ccc(OCc2noc(COc3ccccc3-n3cnnc3)n2)cc1. The first-order valence-corrected chi connectivity index (χ1v) is 7.94. The zero-order valence-electron chi connectivity index (χ0n) is 13.7. The van der Waals surface area contributed by atoms with Gasteiger partial charge in [0.2, 0.25) is 5.82 Å². The van der Waals surface area contributed by atoms with Crippen LogP contribution in [-0.4, -0.2) is 24.9 Å². The number of ether oxygens (including phenoxy) is 2. The van der Waals surface area contributed by atoms with Crippen LogP contribution < -0.4 is 9.47 Å². The Morgan fingerprint density at radius 3 is 2.46 bits per heavy atom. The molecule has 0 fully saturated rings. The van der Waals surface area contributed by atoms with Crippen LogP contribution in [0.1, 0.15) is 11.7 Å². The van der Waals surface area contributed by atoms with Crippen LogP contribution in [0.25, 0.3) is 5.69 Å². The number of hydrogen-bond donors (Lipinski definition) is 0. The zero-order chi connectivity index (χ0) is 17.6. The summed E-state index contributed by atoms with van der Waals surface area (Å²) in [5, 5.41) is 11.5. The molecule has 0 atom stereocenters. The average molecular weight is 349 g/mol. The van der Waals surface area contributed by atoms with Gasteiger partial charge >= 0.3 is 0 Å². The van der Waals surface area contributed by atoms with Crippen molar-refractivity contribution in [2.75, 3.05) is 0 Å². The van der Waals surface area contributed by atoms with Crippen LogP contribution in [0.4, 0.5) is 0 Å². The van der Waals surface area contributed by atoms with Gasteiger partial charge in [0.25, 0.3) is 5.89 Å². The van der Waals surface area contributed by atoms with Gasteiger partial charge in [-0.2, -0.15) is 4.98 Å². The van der Waals surface area contributed by atoms with Crippen molar-refractivity contribution in [1.29, 1.82) is 0 Å². The molecule has 4 aromatic rings. The van der Waals surface area contributed by atoms with Crippen LogP contribution in [0.3, 0.4) is 0 Å². The Kier molecular flexibility index (Phi) is 4.55. The fourth-order valence-corrected chi connectivity index (χ4v) is 2.33. The first-order chi connectivity index (χ1) is 12.9. The third kappa shape index (κ3) is 3.69. The van der Waals surface area contributed by atoms with Crippen molar-refractivity contribution < 1.29 is 14.0 Å². The van der Waals surface area contributed by atoms with E-state index in [0.717, 1.165) is 11.4 Å². The van der Waals surface area contributed by atoms with Crippen molar-refractivity contribution in [3.63, 3.8) is 0 Å². The molecule has 0 aliphatic carbocycles. The number of nitrogens with zero attached hydrogens (tertiary/aromatic N) is 5. The molecular weight excluding hydrogens is 334 g/mol. The second kappa shape index (κ2) is 7.47. The van der Waals surface area contributed by atoms with Crippen LogP contribution >= 0.6 is 0 Å². The number of benzene rings is 2. The summed E-state index contributed by atoms with van der Waals surface area (Å²) in [6.45, 7) is 0.377. The fourth-order valence-electron chi connectivity index (χ4n) is 2.33. The lowest BCUT2D eigenvalue weighted by Crippen LogP contribution is -2.01. The van der Waals surface area contributed by atoms with Crippen LogP contribution in [0.15, 0.2) is 71.8 Å². The van der Waals surface area contributed by atoms with Gasteiger partial charge in [-0.05, 0) is 24.3 Å². The monoisotopic (exact) mass is 349 g/mol. The van der Waals surface area contributed by atoms with E-state index in [1.807, 2.05) is 54.6 Å². The highest BCUT2D eigenvalue weighted by Gasteiger charge is 2.10. The molecule has 0 saturated carbocycles. The second-order valence-corrected chi connectivity index (χ2v) is 5.33. The van der Waals surface area contributed by atoms with Crippen molar-refractivity contribution in [2.45, 2.75) is 13.2 Å². The second-order valence-electron chi connectivity index (χ2n) is 5.33. The number of para-hydroxylation sites is 3. The van der Waals surface area contributed by atoms with Crippen LogP contribution in [-0.2, 0) is 13.2 Å². The van der Waals surface area contributed by atoms with Crippen molar-refractivity contribution in [3.05, 3.63) is 79.0 Å². The molecule has 0 spiro atoms. The summed E-state index contributed by atoms with van der Waals surface area (Å²) in [5.74, 6) is 2.24. The molecule has 0 amide bonds. The maximum absolute atomic E-state index is 5.81. The Labute approximate surface area is 149 Å². The number of aromatic nitrogens is 5. The molecule has 2 heterocycles. The Bertz CT molecular complexity index is 954. The molecule has 8 nitrogen and oxygen atoms in total. The van der Waals surface area contributed by atoms with E-state index >= 15 is 0 Å². The molecule has 8 heteroatoms. The van der Waals surface area contributed by atoms with Gasteiger partial charge in [0.05, 0.1) is 5.69 Å². The van der Waals surface area contributed by atoms with Gasteiger partial charge in [-0.25, -0.2) is 0 Å². The molecule has 26 heavy (non-hydrogen) atoms. The summed E-state index contributed by atoms with van der Waals surface area (Å²) >= 11 is 0. The lowest BCUT2D eigenvalue weighted by Gasteiger charge is -2.09. The molecule has 0 aliphatic heterocycles. The highest BCUT2D eigenvalue weighted by molar-refractivity contribution is 5.46. The fraction of sp³-hybridized carbons (Fsp3) is 0.111. The molecule has 0 aliphatic rings. The third-order valence-corrected chi connectivity index (χ3v) is 3.53. The quantitative estimate of drug-likeness (QED) is 0.507. The Morgan fingerprint density at radius 2 is 1.62 bits per heavy atom. The summed E-state index contributed by atoms with van der Waals surface area (Å²) in [6, 6.07) is 17.0. The zero-order valence-corrected chi connectivity index (χ0v) is 13.7. The minimum atomic E-state index is 0.150. The number of rotatable bonds is 7. The van der Waals surface area contributed by atoms with Gasteiger partial charge < -0.3 is 14.0 Å². The van der Waals surface area contributed by atoms with E-state index in [0.29, 0.717) is 17.5 Å². The maximum atomic E-state index is 5.81. The molecule has 0 radical (unpaired) electrons. The van der Waals surface area contributed by atoms with Crippen molar-refractivity contribution in [1.82, 2.24) is 24.9 Å². The molecule has 2 aromatic heterocycles. The minimum absolute atomic E-state index is 0.150. The Balaban J connectivity index is 1.38. The summed E-state index contributed by atoms with van der Waals surface area (Å²) in [7, 11) is 0. The van der Waals surface area contributed by atoms with Crippen LogP contribution in [0.5, 0.6) is 11.5 Å². The minimum Gasteiger partial charge on any atom is -0.485 e. The third-order valence-electron chi connectivity index (χ3n) is 3.53. The first-order valence-electron chi connectivity index (χ1n) is 7.94. The smallest absolute Gasteiger partial charge is 0.264 e. The molecule has 4 rings (SSSR count). The molecule has 0 unspecified atom stereocenters. The molecule has 0 N–H and O–H groups in total. The summed E-state index contributed by atoms with van der Waals surface area (Å²) in [6.07, 6.45) is 3.21. The Morgan fingerprint density at radius 1 is 0.846 bits per heavy atom. The van der Waals surface area contributed by atoms with Gasteiger partial charge in [-0.15, -0.1) is 10.2 Å². The van der Waals surface area contributed by atoms with E-state index in [1.54, 1.807) is 17.2 Å². The summed E-state index contributed by atoms with van der Waals surface area (Å²) < 4.78 is 18.4. The normalized spacial score (nSPS) is 10.6. The topological polar surface area (TPSA) is 88.1 Å². The highest BCUT2D eigenvalue weighted by atomic mass is 16.5. The largest absolute Gasteiger partial charge is 0.485 e. The van der Waals surface area contributed by atoms with E-state index in [2.05, 4.69) is 20.3 Å². The van der Waals surface area contributed by atoms with E-state index in [1.165, 1.54) is 0 Å². The predicted octanol–water partition coefficient (Wildman–Crippen LogP) is 2.81.